The van der Waals surface area contributed by atoms with Crippen molar-refractivity contribution in [1.29, 1.82) is 0 Å². The van der Waals surface area contributed by atoms with Crippen LogP contribution in [-0.2, 0) is 6.54 Å². The van der Waals surface area contributed by atoms with Crippen LogP contribution in [0, 0.1) is 0 Å². The number of rotatable bonds is 3. The number of pyridine rings is 1. The highest BCUT2D eigenvalue weighted by atomic mass is 16.3. The fourth-order valence-electron chi connectivity index (χ4n) is 2.66. The van der Waals surface area contributed by atoms with E-state index in [-0.39, 0.29) is 5.56 Å². The van der Waals surface area contributed by atoms with Crippen molar-refractivity contribution >= 4 is 10.9 Å². The quantitative estimate of drug-likeness (QED) is 0.579. The van der Waals surface area contributed by atoms with E-state index in [9.17, 15) is 4.79 Å². The van der Waals surface area contributed by atoms with Crippen LogP contribution in [0.3, 0.4) is 0 Å². The Hall–Kier alpha value is -3.14. The van der Waals surface area contributed by atoms with Crippen molar-refractivity contribution in [2.24, 2.45) is 0 Å². The van der Waals surface area contributed by atoms with E-state index in [1.54, 1.807) is 16.9 Å². The number of nitrogens with zero attached hydrogens (tertiary/aromatic N) is 2. The van der Waals surface area contributed by atoms with Gasteiger partial charge < -0.3 is 8.98 Å². The predicted octanol–water partition coefficient (Wildman–Crippen LogP) is 3.70. The minimum Gasteiger partial charge on any atom is -0.444 e. The van der Waals surface area contributed by atoms with Gasteiger partial charge in [0.1, 0.15) is 6.26 Å². The van der Waals surface area contributed by atoms with E-state index in [1.165, 1.54) is 0 Å². The van der Waals surface area contributed by atoms with Gasteiger partial charge in [0.15, 0.2) is 0 Å². The zero-order chi connectivity index (χ0) is 15.6. The zero-order valence-corrected chi connectivity index (χ0v) is 12.3. The van der Waals surface area contributed by atoms with Gasteiger partial charge in [-0.2, -0.15) is 0 Å². The lowest BCUT2D eigenvalue weighted by Crippen LogP contribution is -2.20. The van der Waals surface area contributed by atoms with E-state index in [1.807, 2.05) is 60.7 Å². The first kappa shape index (κ1) is 13.5. The molecule has 0 aliphatic heterocycles. The Morgan fingerprint density at radius 2 is 1.70 bits per heavy atom. The van der Waals surface area contributed by atoms with E-state index >= 15 is 0 Å². The highest BCUT2D eigenvalue weighted by molar-refractivity contribution is 5.78. The second-order valence-corrected chi connectivity index (χ2v) is 5.33. The fraction of sp³-hybridized carbons (Fsp3) is 0.0526. The summed E-state index contributed by atoms with van der Waals surface area (Å²) < 4.78 is 7.26. The summed E-state index contributed by atoms with van der Waals surface area (Å²) in [7, 11) is 0. The van der Waals surface area contributed by atoms with Crippen LogP contribution in [0.4, 0.5) is 0 Å². The van der Waals surface area contributed by atoms with Crippen molar-refractivity contribution in [3.05, 3.63) is 89.0 Å². The van der Waals surface area contributed by atoms with Gasteiger partial charge in [-0.05, 0) is 29.7 Å². The van der Waals surface area contributed by atoms with Crippen LogP contribution >= 0.6 is 0 Å². The van der Waals surface area contributed by atoms with Gasteiger partial charge in [-0.25, -0.2) is 4.98 Å². The highest BCUT2D eigenvalue weighted by Crippen LogP contribution is 2.19. The lowest BCUT2D eigenvalue weighted by atomic mass is 10.2. The molecule has 4 heteroatoms. The van der Waals surface area contributed by atoms with Crippen LogP contribution < -0.4 is 5.56 Å². The Bertz CT molecular complexity index is 1020. The Labute approximate surface area is 132 Å². The Morgan fingerprint density at radius 3 is 2.57 bits per heavy atom. The summed E-state index contributed by atoms with van der Waals surface area (Å²) in [4.78, 5) is 16.7. The molecule has 0 aliphatic carbocycles. The van der Waals surface area contributed by atoms with Crippen LogP contribution in [-0.4, -0.2) is 9.55 Å². The molecule has 2 aromatic carbocycles. The van der Waals surface area contributed by atoms with Crippen LogP contribution in [0.15, 0.2) is 82.2 Å². The first-order chi connectivity index (χ1) is 11.3. The molecule has 0 spiro atoms. The molecule has 4 nitrogen and oxygen atoms in total. The molecule has 0 saturated heterocycles. The maximum atomic E-state index is 12.2. The molecular formula is C19H14N2O2. The molecule has 0 saturated carbocycles. The molecule has 0 unspecified atom stereocenters. The van der Waals surface area contributed by atoms with E-state index in [0.717, 1.165) is 22.2 Å². The first-order valence-corrected chi connectivity index (χ1v) is 7.40. The molecule has 0 atom stereocenters. The third-order valence-electron chi connectivity index (χ3n) is 3.79. The Balaban J connectivity index is 1.73. The third kappa shape index (κ3) is 2.55. The molecule has 2 heterocycles. The zero-order valence-electron chi connectivity index (χ0n) is 12.3. The second-order valence-electron chi connectivity index (χ2n) is 5.33. The van der Waals surface area contributed by atoms with Crippen LogP contribution in [0.5, 0.6) is 0 Å². The van der Waals surface area contributed by atoms with Gasteiger partial charge in [-0.15, -0.1) is 0 Å². The molecule has 0 aliphatic rings. The van der Waals surface area contributed by atoms with Crippen molar-refractivity contribution in [2.75, 3.05) is 0 Å². The number of hydrogen-bond acceptors (Lipinski definition) is 3. The summed E-state index contributed by atoms with van der Waals surface area (Å²) in [5.41, 5.74) is 2.49. The number of benzene rings is 2. The summed E-state index contributed by atoms with van der Waals surface area (Å²) in [6, 6.07) is 21.0. The van der Waals surface area contributed by atoms with Gasteiger partial charge in [-0.1, -0.05) is 36.4 Å². The van der Waals surface area contributed by atoms with E-state index < -0.39 is 0 Å². The molecule has 2 aromatic heterocycles. The van der Waals surface area contributed by atoms with Crippen molar-refractivity contribution in [3.8, 4) is 11.5 Å². The predicted molar refractivity (Wildman–Crippen MR) is 89.2 cm³/mol. The fourth-order valence-corrected chi connectivity index (χ4v) is 2.66. The van der Waals surface area contributed by atoms with Crippen molar-refractivity contribution < 1.29 is 4.42 Å². The average Bonchev–Trinajstić information content (AvgIpc) is 3.07. The molecule has 0 amide bonds. The first-order valence-electron chi connectivity index (χ1n) is 7.40. The minimum atomic E-state index is -0.0482. The van der Waals surface area contributed by atoms with Gasteiger partial charge >= 0.3 is 0 Å². The lowest BCUT2D eigenvalue weighted by Gasteiger charge is -2.07. The molecule has 0 radical (unpaired) electrons. The normalized spacial score (nSPS) is 11.0. The van der Waals surface area contributed by atoms with Crippen molar-refractivity contribution in [3.63, 3.8) is 0 Å². The summed E-state index contributed by atoms with van der Waals surface area (Å²) in [5.74, 6) is 0.564. The van der Waals surface area contributed by atoms with E-state index in [0.29, 0.717) is 12.4 Å². The van der Waals surface area contributed by atoms with E-state index in [4.69, 9.17) is 4.42 Å². The summed E-state index contributed by atoms with van der Waals surface area (Å²) in [5, 5.41) is 1.03. The summed E-state index contributed by atoms with van der Waals surface area (Å²) >= 11 is 0. The summed E-state index contributed by atoms with van der Waals surface area (Å²) in [6.07, 6.45) is 1.61. The smallest absolute Gasteiger partial charge is 0.251 e. The number of para-hydroxylation sites is 1. The minimum absolute atomic E-state index is 0.0482. The largest absolute Gasteiger partial charge is 0.444 e. The number of fused-ring (bicyclic) bond motifs is 1. The number of aromatic nitrogens is 2. The van der Waals surface area contributed by atoms with Crippen LogP contribution in [0.25, 0.3) is 22.4 Å². The van der Waals surface area contributed by atoms with Crippen LogP contribution in [0.2, 0.25) is 0 Å². The van der Waals surface area contributed by atoms with Gasteiger partial charge in [0, 0.05) is 11.6 Å². The SMILES string of the molecule is O=c1ccc2ccccc2n1Cc1coc(-c2ccccc2)n1. The molecule has 0 N–H and O–H groups in total. The summed E-state index contributed by atoms with van der Waals surface area (Å²) in [6.45, 7) is 0.385. The number of oxazole rings is 1. The lowest BCUT2D eigenvalue weighted by molar-refractivity contribution is 0.571. The second kappa shape index (κ2) is 5.57. The molecule has 112 valence electrons. The van der Waals surface area contributed by atoms with E-state index in [2.05, 4.69) is 4.98 Å². The van der Waals surface area contributed by atoms with Crippen molar-refractivity contribution in [2.45, 2.75) is 6.54 Å². The molecule has 23 heavy (non-hydrogen) atoms. The molecule has 0 bridgehead atoms. The third-order valence-corrected chi connectivity index (χ3v) is 3.79. The van der Waals surface area contributed by atoms with Gasteiger partial charge in [0.2, 0.25) is 5.89 Å². The Kier molecular flexibility index (Phi) is 3.27. The van der Waals surface area contributed by atoms with Crippen molar-refractivity contribution in [1.82, 2.24) is 9.55 Å². The van der Waals surface area contributed by atoms with Crippen LogP contribution in [0.1, 0.15) is 5.69 Å². The topological polar surface area (TPSA) is 48.0 Å². The average molecular weight is 302 g/mol. The van der Waals surface area contributed by atoms with Gasteiger partial charge in [0.25, 0.3) is 5.56 Å². The van der Waals surface area contributed by atoms with Gasteiger partial charge in [0.05, 0.1) is 17.8 Å². The highest BCUT2D eigenvalue weighted by Gasteiger charge is 2.09. The Morgan fingerprint density at radius 1 is 0.913 bits per heavy atom. The van der Waals surface area contributed by atoms with Gasteiger partial charge in [-0.3, -0.25) is 4.79 Å². The molecule has 0 fully saturated rings. The molecular weight excluding hydrogens is 288 g/mol. The standard InChI is InChI=1S/C19H14N2O2/c22-18-11-10-14-6-4-5-9-17(14)21(18)12-16-13-23-19(20-16)15-7-2-1-3-8-15/h1-11,13H,12H2. The molecule has 4 aromatic rings. The number of hydrogen-bond donors (Lipinski definition) is 0. The maximum Gasteiger partial charge on any atom is 0.251 e. The maximum absolute atomic E-state index is 12.2. The monoisotopic (exact) mass is 302 g/mol. The molecule has 4 rings (SSSR count).